The monoisotopic (exact) mass is 499 g/mol. The van der Waals surface area contributed by atoms with Crippen LogP contribution in [0.2, 0.25) is 0 Å². The van der Waals surface area contributed by atoms with Crippen LogP contribution in [0.5, 0.6) is 11.5 Å². The quantitative estimate of drug-likeness (QED) is 0.225. The SMILES string of the molecule is CC(C)Cc1c2c(cc3ccccc13)-c1nccc3c1c(cc1ccc(CC(C)(C)C(F)(F)F)cc13)O2. The Labute approximate surface area is 214 Å². The van der Waals surface area contributed by atoms with Gasteiger partial charge in [0, 0.05) is 17.3 Å². The molecular formula is C32H28F3NO. The highest BCUT2D eigenvalue weighted by Gasteiger charge is 2.47. The van der Waals surface area contributed by atoms with Crippen molar-refractivity contribution in [3.63, 3.8) is 0 Å². The fourth-order valence-corrected chi connectivity index (χ4v) is 5.53. The Hall–Kier alpha value is -3.60. The van der Waals surface area contributed by atoms with E-state index in [1.807, 2.05) is 30.3 Å². The Morgan fingerprint density at radius 2 is 1.62 bits per heavy atom. The van der Waals surface area contributed by atoms with E-state index in [2.05, 4.69) is 38.1 Å². The molecule has 0 aliphatic carbocycles. The van der Waals surface area contributed by atoms with Crippen molar-refractivity contribution in [2.45, 2.75) is 46.7 Å². The number of benzene rings is 4. The van der Waals surface area contributed by atoms with Gasteiger partial charge in [0.1, 0.15) is 11.5 Å². The molecule has 0 radical (unpaired) electrons. The van der Waals surface area contributed by atoms with E-state index in [9.17, 15) is 13.2 Å². The van der Waals surface area contributed by atoms with Crippen molar-refractivity contribution in [2.75, 3.05) is 0 Å². The predicted molar refractivity (Wildman–Crippen MR) is 144 cm³/mol. The second kappa shape index (κ2) is 8.20. The van der Waals surface area contributed by atoms with Gasteiger partial charge < -0.3 is 4.74 Å². The summed E-state index contributed by atoms with van der Waals surface area (Å²) in [6, 6.07) is 20.0. The van der Waals surface area contributed by atoms with Crippen LogP contribution in [-0.4, -0.2) is 11.2 Å². The third-order valence-electron chi connectivity index (χ3n) is 7.49. The van der Waals surface area contributed by atoms with Crippen LogP contribution in [0.4, 0.5) is 13.2 Å². The van der Waals surface area contributed by atoms with E-state index in [1.165, 1.54) is 24.8 Å². The molecule has 0 saturated carbocycles. The molecule has 2 nitrogen and oxygen atoms in total. The lowest BCUT2D eigenvalue weighted by Crippen LogP contribution is -2.34. The molecular weight excluding hydrogens is 471 g/mol. The van der Waals surface area contributed by atoms with Gasteiger partial charge in [-0.2, -0.15) is 13.2 Å². The summed E-state index contributed by atoms with van der Waals surface area (Å²) < 4.78 is 47.4. The highest BCUT2D eigenvalue weighted by Crippen LogP contribution is 2.51. The minimum atomic E-state index is -4.28. The van der Waals surface area contributed by atoms with Gasteiger partial charge in [-0.1, -0.05) is 70.2 Å². The number of halogens is 3. The number of hydrogen-bond acceptors (Lipinski definition) is 2. The summed E-state index contributed by atoms with van der Waals surface area (Å²) >= 11 is 0. The minimum absolute atomic E-state index is 0.0858. The van der Waals surface area contributed by atoms with Crippen molar-refractivity contribution < 1.29 is 17.9 Å². The topological polar surface area (TPSA) is 22.1 Å². The van der Waals surface area contributed by atoms with Crippen molar-refractivity contribution in [1.82, 2.24) is 4.98 Å². The minimum Gasteiger partial charge on any atom is -0.456 e. The molecule has 1 aromatic heterocycles. The maximum absolute atomic E-state index is 13.6. The van der Waals surface area contributed by atoms with E-state index in [-0.39, 0.29) is 6.42 Å². The molecule has 0 atom stereocenters. The van der Waals surface area contributed by atoms with Gasteiger partial charge in [0.25, 0.3) is 0 Å². The number of hydrogen-bond donors (Lipinski definition) is 0. The first-order valence-corrected chi connectivity index (χ1v) is 12.7. The van der Waals surface area contributed by atoms with Crippen LogP contribution >= 0.6 is 0 Å². The van der Waals surface area contributed by atoms with Crippen molar-refractivity contribution >= 4 is 32.3 Å². The second-order valence-corrected chi connectivity index (χ2v) is 11.2. The van der Waals surface area contributed by atoms with Crippen molar-refractivity contribution in [3.05, 3.63) is 78.0 Å². The summed E-state index contributed by atoms with van der Waals surface area (Å²) in [7, 11) is 0. The summed E-state index contributed by atoms with van der Waals surface area (Å²) in [6.07, 6.45) is -1.70. The summed E-state index contributed by atoms with van der Waals surface area (Å²) in [5, 5.41) is 6.01. The van der Waals surface area contributed by atoms with Gasteiger partial charge in [-0.3, -0.25) is 4.98 Å². The van der Waals surface area contributed by atoms with Crippen LogP contribution in [0.15, 0.2) is 66.9 Å². The molecule has 0 N–H and O–H groups in total. The van der Waals surface area contributed by atoms with Gasteiger partial charge in [0.15, 0.2) is 0 Å². The molecule has 0 bridgehead atoms. The molecule has 5 aromatic rings. The fraction of sp³-hybridized carbons (Fsp3) is 0.281. The average Bonchev–Trinajstić information content (AvgIpc) is 2.84. The van der Waals surface area contributed by atoms with Gasteiger partial charge in [0.05, 0.1) is 16.5 Å². The molecule has 2 heterocycles. The summed E-state index contributed by atoms with van der Waals surface area (Å²) in [5.74, 6) is 2.03. The van der Waals surface area contributed by atoms with Gasteiger partial charge in [-0.25, -0.2) is 0 Å². The Morgan fingerprint density at radius 1 is 0.865 bits per heavy atom. The van der Waals surface area contributed by atoms with Crippen molar-refractivity contribution in [2.24, 2.45) is 11.3 Å². The number of pyridine rings is 1. The lowest BCUT2D eigenvalue weighted by molar-refractivity contribution is -0.211. The molecule has 0 spiro atoms. The first-order chi connectivity index (χ1) is 17.5. The molecule has 0 saturated heterocycles. The lowest BCUT2D eigenvalue weighted by atomic mass is 9.84. The second-order valence-electron chi connectivity index (χ2n) is 11.2. The van der Waals surface area contributed by atoms with E-state index in [0.717, 1.165) is 56.1 Å². The van der Waals surface area contributed by atoms with Crippen LogP contribution in [0.1, 0.15) is 38.8 Å². The first kappa shape index (κ1) is 23.8. The third-order valence-corrected chi connectivity index (χ3v) is 7.49. The van der Waals surface area contributed by atoms with Crippen LogP contribution in [0.3, 0.4) is 0 Å². The zero-order chi connectivity index (χ0) is 26.1. The summed E-state index contributed by atoms with van der Waals surface area (Å²) in [5.41, 5.74) is 1.83. The van der Waals surface area contributed by atoms with Crippen molar-refractivity contribution in [1.29, 1.82) is 0 Å². The number of rotatable bonds is 4. The summed E-state index contributed by atoms with van der Waals surface area (Å²) in [4.78, 5) is 4.80. The van der Waals surface area contributed by atoms with E-state index in [4.69, 9.17) is 9.72 Å². The van der Waals surface area contributed by atoms with E-state index < -0.39 is 11.6 Å². The molecule has 6 rings (SSSR count). The molecule has 37 heavy (non-hydrogen) atoms. The maximum atomic E-state index is 13.6. The van der Waals surface area contributed by atoms with Crippen LogP contribution in [0.25, 0.3) is 43.6 Å². The van der Waals surface area contributed by atoms with Crippen LogP contribution < -0.4 is 4.74 Å². The number of alkyl halides is 3. The Balaban J connectivity index is 1.59. The Morgan fingerprint density at radius 3 is 2.38 bits per heavy atom. The molecule has 4 aromatic carbocycles. The van der Waals surface area contributed by atoms with Gasteiger partial charge in [-0.15, -0.1) is 0 Å². The van der Waals surface area contributed by atoms with Gasteiger partial charge in [-0.05, 0) is 69.5 Å². The van der Waals surface area contributed by atoms with Crippen molar-refractivity contribution in [3.8, 4) is 22.8 Å². The number of ether oxygens (including phenoxy) is 1. The van der Waals surface area contributed by atoms with Crippen LogP contribution in [0, 0.1) is 11.3 Å². The van der Waals surface area contributed by atoms with E-state index in [0.29, 0.717) is 11.5 Å². The van der Waals surface area contributed by atoms with E-state index in [1.54, 1.807) is 12.3 Å². The molecule has 188 valence electrons. The highest BCUT2D eigenvalue weighted by molar-refractivity contribution is 6.16. The highest BCUT2D eigenvalue weighted by atomic mass is 19.4. The molecule has 0 amide bonds. The molecule has 1 aliphatic rings. The molecule has 1 aliphatic heterocycles. The smallest absolute Gasteiger partial charge is 0.394 e. The number of nitrogens with zero attached hydrogens (tertiary/aromatic N) is 1. The maximum Gasteiger partial charge on any atom is 0.394 e. The Kier molecular flexibility index (Phi) is 5.27. The molecule has 0 fully saturated rings. The van der Waals surface area contributed by atoms with Gasteiger partial charge in [0.2, 0.25) is 0 Å². The first-order valence-electron chi connectivity index (χ1n) is 12.7. The standard InChI is InChI=1S/C32H28F3NO/c1-18(2)13-25-22-8-6-5-7-20(22)15-26-29-28-23(11-12-36-29)24-14-19(17-31(3,4)32(33,34)35)9-10-21(24)16-27(28)37-30(25)26/h5-12,14-16,18H,13,17H2,1-4H3. The van der Waals surface area contributed by atoms with Crippen LogP contribution in [-0.2, 0) is 12.8 Å². The largest absolute Gasteiger partial charge is 0.456 e. The number of aromatic nitrogens is 1. The third kappa shape index (κ3) is 3.83. The number of fused-ring (bicyclic) bond motifs is 5. The fourth-order valence-electron chi connectivity index (χ4n) is 5.53. The summed E-state index contributed by atoms with van der Waals surface area (Å²) in [6.45, 7) is 6.91. The normalized spacial score (nSPS) is 13.4. The molecule has 5 heteroatoms. The predicted octanol–water partition coefficient (Wildman–Crippen LogP) is 9.64. The lowest BCUT2D eigenvalue weighted by Gasteiger charge is -2.28. The zero-order valence-electron chi connectivity index (χ0n) is 21.3. The Bertz CT molecular complexity index is 1700. The average molecular weight is 500 g/mol. The zero-order valence-corrected chi connectivity index (χ0v) is 21.3. The molecule has 0 unspecified atom stereocenters. The van der Waals surface area contributed by atoms with Gasteiger partial charge >= 0.3 is 6.18 Å². The van der Waals surface area contributed by atoms with E-state index >= 15 is 0 Å².